The van der Waals surface area contributed by atoms with Gasteiger partial charge in [-0.3, -0.25) is 4.21 Å². The van der Waals surface area contributed by atoms with E-state index in [0.29, 0.717) is 71.5 Å². The number of aromatic nitrogens is 3. The molecule has 13 heteroatoms. The second-order valence-electron chi connectivity index (χ2n) is 9.11. The molecule has 210 valence electrons. The lowest BCUT2D eigenvalue weighted by Crippen LogP contribution is -2.37. The maximum atomic E-state index is 15.7. The predicted octanol–water partition coefficient (Wildman–Crippen LogP) is 3.71. The fourth-order valence-electron chi connectivity index (χ4n) is 4.62. The Morgan fingerprint density at radius 2 is 2.00 bits per heavy atom. The molecule has 5 rings (SSSR count). The van der Waals surface area contributed by atoms with Crippen molar-refractivity contribution in [2.45, 2.75) is 12.6 Å². The summed E-state index contributed by atoms with van der Waals surface area (Å²) in [5, 5.41) is 0.632. The number of methoxy groups -OCH3 is 1. The van der Waals surface area contributed by atoms with Gasteiger partial charge >= 0.3 is 0 Å². The van der Waals surface area contributed by atoms with E-state index < -0.39 is 23.3 Å². The first-order chi connectivity index (χ1) is 19.4. The van der Waals surface area contributed by atoms with Gasteiger partial charge in [0, 0.05) is 59.2 Å². The summed E-state index contributed by atoms with van der Waals surface area (Å²) >= 11 is -2.52. The minimum absolute atomic E-state index is 0.156. The van der Waals surface area contributed by atoms with E-state index in [1.807, 2.05) is 0 Å². The maximum Gasteiger partial charge on any atom is 0.163 e. The van der Waals surface area contributed by atoms with Gasteiger partial charge in [0.2, 0.25) is 0 Å². The minimum atomic E-state index is -2.52. The van der Waals surface area contributed by atoms with Crippen molar-refractivity contribution in [3.63, 3.8) is 0 Å². The highest BCUT2D eigenvalue weighted by molar-refractivity contribution is 7.77. The SMILES string of the molecule is COc1cc(-c2cccc(C(F)CCNS(=O)[O-])c2F)cc2c(N3CCOCC3)nc(-c3ccc(N)nc3)nc12. The zero-order chi connectivity index (χ0) is 28.2. The lowest BCUT2D eigenvalue weighted by molar-refractivity contribution is 0.122. The van der Waals surface area contributed by atoms with Crippen molar-refractivity contribution in [1.82, 2.24) is 19.7 Å². The number of hydrogen-bond donors (Lipinski definition) is 2. The number of ether oxygens (including phenoxy) is 2. The molecule has 2 aromatic heterocycles. The van der Waals surface area contributed by atoms with Gasteiger partial charge in [0.05, 0.1) is 20.3 Å². The number of benzene rings is 2. The van der Waals surface area contributed by atoms with Crippen LogP contribution in [-0.4, -0.2) is 63.7 Å². The smallest absolute Gasteiger partial charge is 0.163 e. The van der Waals surface area contributed by atoms with E-state index in [-0.39, 0.29) is 24.1 Å². The van der Waals surface area contributed by atoms with E-state index in [1.165, 1.54) is 13.2 Å². The van der Waals surface area contributed by atoms with Crippen molar-refractivity contribution in [1.29, 1.82) is 0 Å². The molecule has 3 N–H and O–H groups in total. The van der Waals surface area contributed by atoms with Crippen molar-refractivity contribution in [2.75, 3.05) is 50.6 Å². The Morgan fingerprint density at radius 1 is 1.20 bits per heavy atom. The van der Waals surface area contributed by atoms with Crippen LogP contribution in [0.25, 0.3) is 33.4 Å². The van der Waals surface area contributed by atoms with Crippen molar-refractivity contribution in [3.8, 4) is 28.3 Å². The van der Waals surface area contributed by atoms with E-state index in [4.69, 9.17) is 25.2 Å². The quantitative estimate of drug-likeness (QED) is 0.289. The molecule has 1 saturated heterocycles. The number of fused-ring (bicyclic) bond motifs is 1. The van der Waals surface area contributed by atoms with E-state index >= 15 is 4.39 Å². The second-order valence-corrected chi connectivity index (χ2v) is 9.87. The molecule has 2 unspecified atom stereocenters. The monoisotopic (exact) mass is 569 g/mol. The Hall–Kier alpha value is -3.78. The summed E-state index contributed by atoms with van der Waals surface area (Å²) in [7, 11) is 1.50. The highest BCUT2D eigenvalue weighted by atomic mass is 32.2. The fourth-order valence-corrected chi connectivity index (χ4v) is 4.90. The Balaban J connectivity index is 1.64. The van der Waals surface area contributed by atoms with Gasteiger partial charge in [-0.2, -0.15) is 0 Å². The number of alkyl halides is 1. The number of rotatable bonds is 9. The first-order valence-corrected chi connectivity index (χ1v) is 13.6. The molecule has 1 aliphatic rings. The van der Waals surface area contributed by atoms with Gasteiger partial charge in [-0.25, -0.2) is 28.5 Å². The summed E-state index contributed by atoms with van der Waals surface area (Å²) in [5.74, 6) is 1.07. The molecular formula is C27H27F2N6O4S-. The molecule has 0 bridgehead atoms. The van der Waals surface area contributed by atoms with Crippen LogP contribution in [0.15, 0.2) is 48.7 Å². The molecule has 2 atom stereocenters. The molecule has 0 saturated carbocycles. The average molecular weight is 570 g/mol. The molecule has 10 nitrogen and oxygen atoms in total. The van der Waals surface area contributed by atoms with Crippen molar-refractivity contribution < 1.29 is 27.0 Å². The largest absolute Gasteiger partial charge is 0.760 e. The van der Waals surface area contributed by atoms with Crippen molar-refractivity contribution in [3.05, 3.63) is 60.0 Å². The number of nitrogens with two attached hydrogens (primary N) is 1. The van der Waals surface area contributed by atoms with Crippen LogP contribution in [-0.2, 0) is 16.0 Å². The normalized spacial score (nSPS) is 15.2. The number of pyridine rings is 1. The molecule has 3 heterocycles. The topological polar surface area (TPSA) is 139 Å². The number of anilines is 2. The van der Waals surface area contributed by atoms with Crippen LogP contribution in [0.3, 0.4) is 0 Å². The third-order valence-corrected chi connectivity index (χ3v) is 7.06. The number of nitrogens with one attached hydrogen (secondary N) is 1. The molecule has 0 amide bonds. The summed E-state index contributed by atoms with van der Waals surface area (Å²) < 4.78 is 65.4. The summed E-state index contributed by atoms with van der Waals surface area (Å²) in [4.78, 5) is 15.9. The highest BCUT2D eigenvalue weighted by Gasteiger charge is 2.23. The standard InChI is InChI=1S/C27H28F2N6O4S/c1-38-22-14-17(18-3-2-4-19(24(18)29)21(28)7-8-32-40(36)37)13-20-25(22)33-26(16-5-6-23(30)31-15-16)34-27(20)35-9-11-39-12-10-35/h2-6,13-15,21,32H,7-12H2,1H3,(H2,30,31)(H,36,37)/p-1. The number of nitrogen functional groups attached to an aromatic ring is 1. The Morgan fingerprint density at radius 3 is 2.70 bits per heavy atom. The van der Waals surface area contributed by atoms with E-state index in [2.05, 4.69) is 14.6 Å². The van der Waals surface area contributed by atoms with Crippen molar-refractivity contribution >= 4 is 33.8 Å². The summed E-state index contributed by atoms with van der Waals surface area (Å²) in [6, 6.07) is 11.3. The van der Waals surface area contributed by atoms with Gasteiger partial charge in [-0.15, -0.1) is 0 Å². The second kappa shape index (κ2) is 12.2. The lowest BCUT2D eigenvalue weighted by Gasteiger charge is -2.29. The van der Waals surface area contributed by atoms with Gasteiger partial charge in [-0.05, 0) is 36.2 Å². The Bertz CT molecular complexity index is 1540. The number of hydrogen-bond acceptors (Lipinski definition) is 9. The molecule has 1 fully saturated rings. The van der Waals surface area contributed by atoms with Crippen LogP contribution in [0.2, 0.25) is 0 Å². The van der Waals surface area contributed by atoms with Crippen LogP contribution in [0.5, 0.6) is 5.75 Å². The first-order valence-electron chi connectivity index (χ1n) is 12.6. The van der Waals surface area contributed by atoms with Crippen LogP contribution < -0.4 is 20.1 Å². The third-order valence-electron chi connectivity index (χ3n) is 6.62. The van der Waals surface area contributed by atoms with Gasteiger partial charge in [0.15, 0.2) is 5.82 Å². The average Bonchev–Trinajstić information content (AvgIpc) is 2.96. The number of nitrogens with zero attached hydrogens (tertiary/aromatic N) is 4. The van der Waals surface area contributed by atoms with Crippen LogP contribution in [0.1, 0.15) is 18.2 Å². The summed E-state index contributed by atoms with van der Waals surface area (Å²) in [6.45, 7) is 2.06. The molecule has 40 heavy (non-hydrogen) atoms. The predicted molar refractivity (Wildman–Crippen MR) is 148 cm³/mol. The molecule has 1 aliphatic heterocycles. The molecule has 0 radical (unpaired) electrons. The number of halogens is 2. The van der Waals surface area contributed by atoms with Gasteiger partial charge < -0.3 is 24.7 Å². The summed E-state index contributed by atoms with van der Waals surface area (Å²) in [5.41, 5.74) is 7.41. The summed E-state index contributed by atoms with van der Waals surface area (Å²) in [6.07, 6.45) is -0.326. The zero-order valence-electron chi connectivity index (χ0n) is 21.6. The van der Waals surface area contributed by atoms with Crippen molar-refractivity contribution in [2.24, 2.45) is 0 Å². The Labute approximate surface area is 232 Å². The zero-order valence-corrected chi connectivity index (χ0v) is 22.4. The Kier molecular flexibility index (Phi) is 8.45. The highest BCUT2D eigenvalue weighted by Crippen LogP contribution is 2.39. The van der Waals surface area contributed by atoms with E-state index in [1.54, 1.807) is 42.6 Å². The van der Waals surface area contributed by atoms with Crippen LogP contribution in [0, 0.1) is 5.82 Å². The van der Waals surface area contributed by atoms with Crippen LogP contribution >= 0.6 is 0 Å². The van der Waals surface area contributed by atoms with E-state index in [0.717, 1.165) is 0 Å². The molecule has 2 aromatic carbocycles. The lowest BCUT2D eigenvalue weighted by atomic mass is 9.97. The first kappa shape index (κ1) is 27.8. The molecular weight excluding hydrogens is 542 g/mol. The van der Waals surface area contributed by atoms with E-state index in [9.17, 15) is 13.2 Å². The minimum Gasteiger partial charge on any atom is -0.760 e. The van der Waals surface area contributed by atoms with Gasteiger partial charge in [0.25, 0.3) is 0 Å². The number of morpholine rings is 1. The van der Waals surface area contributed by atoms with Gasteiger partial charge in [-0.1, -0.05) is 18.2 Å². The fraction of sp³-hybridized carbons (Fsp3) is 0.296. The molecule has 4 aromatic rings. The maximum absolute atomic E-state index is 15.7. The van der Waals surface area contributed by atoms with Crippen LogP contribution in [0.4, 0.5) is 20.4 Å². The van der Waals surface area contributed by atoms with Gasteiger partial charge in [0.1, 0.15) is 34.9 Å². The molecule has 0 spiro atoms. The molecule has 0 aliphatic carbocycles. The third kappa shape index (κ3) is 5.87.